The predicted octanol–water partition coefficient (Wildman–Crippen LogP) is 2.91. The molecule has 0 aliphatic heterocycles. The van der Waals surface area contributed by atoms with E-state index in [1.54, 1.807) is 6.20 Å². The van der Waals surface area contributed by atoms with Crippen molar-refractivity contribution in [1.29, 1.82) is 0 Å². The molecule has 1 aliphatic rings. The lowest BCUT2D eigenvalue weighted by Crippen LogP contribution is -2.37. The first-order valence-electron chi connectivity index (χ1n) is 5.79. The predicted molar refractivity (Wildman–Crippen MR) is 66.0 cm³/mol. The lowest BCUT2D eigenvalue weighted by atomic mass is 9.81. The Kier molecular flexibility index (Phi) is 3.62. The first-order valence-corrected chi connectivity index (χ1v) is 6.23. The summed E-state index contributed by atoms with van der Waals surface area (Å²) in [7, 11) is 0. The van der Waals surface area contributed by atoms with Crippen LogP contribution in [0.2, 0.25) is 0 Å². The number of aromatic nitrogens is 1. The van der Waals surface area contributed by atoms with E-state index in [9.17, 15) is 10.1 Å². The van der Waals surface area contributed by atoms with Crippen LogP contribution in [0.3, 0.4) is 0 Å². The lowest BCUT2D eigenvalue weighted by molar-refractivity contribution is -0.525. The minimum Gasteiger partial charge on any atom is -0.264 e. The van der Waals surface area contributed by atoms with Gasteiger partial charge in [0.15, 0.2) is 0 Å². The SMILES string of the molecule is Cc1ccc(C2CCCC([N+](=O)[O-])C2Cl)cn1. The van der Waals surface area contributed by atoms with E-state index >= 15 is 0 Å². The third-order valence-corrected chi connectivity index (χ3v) is 4.00. The largest absolute Gasteiger partial charge is 0.264 e. The summed E-state index contributed by atoms with van der Waals surface area (Å²) in [5.41, 5.74) is 1.96. The second-order valence-electron chi connectivity index (χ2n) is 4.57. The van der Waals surface area contributed by atoms with Gasteiger partial charge in [-0.1, -0.05) is 6.07 Å². The molecule has 0 N–H and O–H groups in total. The first kappa shape index (κ1) is 12.3. The van der Waals surface area contributed by atoms with Crippen LogP contribution in [0.25, 0.3) is 0 Å². The summed E-state index contributed by atoms with van der Waals surface area (Å²) < 4.78 is 0. The van der Waals surface area contributed by atoms with E-state index in [0.717, 1.165) is 24.1 Å². The summed E-state index contributed by atoms with van der Waals surface area (Å²) in [5, 5.41) is 10.5. The van der Waals surface area contributed by atoms with Gasteiger partial charge in [-0.2, -0.15) is 0 Å². The van der Waals surface area contributed by atoms with Gasteiger partial charge in [0.05, 0.1) is 0 Å². The van der Waals surface area contributed by atoms with Crippen molar-refractivity contribution in [3.05, 3.63) is 39.7 Å². The molecule has 0 radical (unpaired) electrons. The standard InChI is InChI=1S/C12H15ClN2O2/c1-8-5-6-9(7-14-8)10-3-2-4-11(12(10)13)15(16)17/h5-7,10-12H,2-4H2,1H3. The van der Waals surface area contributed by atoms with Gasteiger partial charge in [0.1, 0.15) is 5.38 Å². The normalized spacial score (nSPS) is 28.9. The fraction of sp³-hybridized carbons (Fsp3) is 0.583. The minimum atomic E-state index is -0.628. The Morgan fingerprint density at radius 1 is 1.47 bits per heavy atom. The maximum atomic E-state index is 10.9. The highest BCUT2D eigenvalue weighted by molar-refractivity contribution is 6.21. The quantitative estimate of drug-likeness (QED) is 0.463. The zero-order valence-electron chi connectivity index (χ0n) is 9.67. The zero-order chi connectivity index (χ0) is 12.4. The van der Waals surface area contributed by atoms with Crippen molar-refractivity contribution in [3.63, 3.8) is 0 Å². The third-order valence-electron chi connectivity index (χ3n) is 3.40. The second kappa shape index (κ2) is 5.00. The molecule has 1 saturated carbocycles. The average molecular weight is 255 g/mol. The Morgan fingerprint density at radius 3 is 2.82 bits per heavy atom. The molecule has 0 bridgehead atoms. The molecule has 5 heteroatoms. The molecule has 0 amide bonds. The van der Waals surface area contributed by atoms with Crippen LogP contribution in [0.4, 0.5) is 0 Å². The number of nitro groups is 1. The maximum Gasteiger partial charge on any atom is 0.229 e. The van der Waals surface area contributed by atoms with E-state index < -0.39 is 11.4 Å². The molecule has 1 aromatic heterocycles. The van der Waals surface area contributed by atoms with Crippen molar-refractivity contribution < 1.29 is 4.92 Å². The summed E-state index contributed by atoms with van der Waals surface area (Å²) in [6.45, 7) is 1.92. The molecular formula is C12H15ClN2O2. The first-order chi connectivity index (χ1) is 8.09. The third kappa shape index (κ3) is 2.57. The van der Waals surface area contributed by atoms with Crippen molar-refractivity contribution in [2.24, 2.45) is 0 Å². The molecule has 0 aromatic carbocycles. The van der Waals surface area contributed by atoms with E-state index in [4.69, 9.17) is 11.6 Å². The highest BCUT2D eigenvalue weighted by Crippen LogP contribution is 2.37. The van der Waals surface area contributed by atoms with Crippen molar-refractivity contribution in [2.45, 2.75) is 43.5 Å². The molecule has 1 fully saturated rings. The van der Waals surface area contributed by atoms with Gasteiger partial charge < -0.3 is 0 Å². The van der Waals surface area contributed by atoms with Crippen LogP contribution >= 0.6 is 11.6 Å². The average Bonchev–Trinajstić information content (AvgIpc) is 2.30. The number of hydrogen-bond donors (Lipinski definition) is 0. The Labute approximate surface area is 105 Å². The molecular weight excluding hydrogens is 240 g/mol. The Balaban J connectivity index is 2.20. The Bertz CT molecular complexity index is 407. The molecule has 1 aromatic rings. The summed E-state index contributed by atoms with van der Waals surface area (Å²) in [6.07, 6.45) is 4.13. The number of hydrogen-bond acceptors (Lipinski definition) is 3. The molecule has 3 atom stereocenters. The molecule has 0 saturated heterocycles. The Hall–Kier alpha value is -1.16. The van der Waals surface area contributed by atoms with Crippen LogP contribution < -0.4 is 0 Å². The zero-order valence-corrected chi connectivity index (χ0v) is 10.4. The fourth-order valence-electron chi connectivity index (χ4n) is 2.40. The van der Waals surface area contributed by atoms with Gasteiger partial charge in [-0.05, 0) is 31.4 Å². The summed E-state index contributed by atoms with van der Waals surface area (Å²) in [5.74, 6) is 0.0499. The van der Waals surface area contributed by atoms with E-state index in [1.165, 1.54) is 0 Å². The van der Waals surface area contributed by atoms with Gasteiger partial charge in [-0.25, -0.2) is 0 Å². The topological polar surface area (TPSA) is 56.0 Å². The second-order valence-corrected chi connectivity index (χ2v) is 5.07. The number of pyridine rings is 1. The minimum absolute atomic E-state index is 0.0499. The maximum absolute atomic E-state index is 10.9. The van der Waals surface area contributed by atoms with E-state index in [-0.39, 0.29) is 10.8 Å². The summed E-state index contributed by atoms with van der Waals surface area (Å²) >= 11 is 6.25. The molecule has 1 aliphatic carbocycles. The van der Waals surface area contributed by atoms with Crippen molar-refractivity contribution in [2.75, 3.05) is 0 Å². The molecule has 17 heavy (non-hydrogen) atoms. The highest BCUT2D eigenvalue weighted by Gasteiger charge is 2.40. The Morgan fingerprint density at radius 2 is 2.24 bits per heavy atom. The number of aryl methyl sites for hydroxylation is 1. The number of rotatable bonds is 2. The van der Waals surface area contributed by atoms with E-state index in [0.29, 0.717) is 6.42 Å². The summed E-state index contributed by atoms with van der Waals surface area (Å²) in [4.78, 5) is 14.9. The lowest BCUT2D eigenvalue weighted by Gasteiger charge is -2.29. The van der Waals surface area contributed by atoms with Gasteiger partial charge in [-0.15, -0.1) is 11.6 Å². The molecule has 1 heterocycles. The van der Waals surface area contributed by atoms with Gasteiger partial charge in [0.25, 0.3) is 0 Å². The smallest absolute Gasteiger partial charge is 0.229 e. The van der Waals surface area contributed by atoms with Crippen molar-refractivity contribution >= 4 is 11.6 Å². The van der Waals surface area contributed by atoms with Crippen LogP contribution in [0.15, 0.2) is 18.3 Å². The van der Waals surface area contributed by atoms with Gasteiger partial charge >= 0.3 is 0 Å². The van der Waals surface area contributed by atoms with Gasteiger partial charge in [-0.3, -0.25) is 15.1 Å². The highest BCUT2D eigenvalue weighted by atomic mass is 35.5. The van der Waals surface area contributed by atoms with E-state index in [2.05, 4.69) is 4.98 Å². The molecule has 2 rings (SSSR count). The van der Waals surface area contributed by atoms with Crippen LogP contribution in [-0.2, 0) is 0 Å². The van der Waals surface area contributed by atoms with Crippen LogP contribution in [0.5, 0.6) is 0 Å². The van der Waals surface area contributed by atoms with E-state index in [1.807, 2.05) is 19.1 Å². The fourth-order valence-corrected chi connectivity index (χ4v) is 2.89. The van der Waals surface area contributed by atoms with Gasteiger partial charge in [0.2, 0.25) is 6.04 Å². The molecule has 3 unspecified atom stereocenters. The summed E-state index contributed by atoms with van der Waals surface area (Å²) in [6, 6.07) is 3.27. The number of halogens is 1. The monoisotopic (exact) mass is 254 g/mol. The van der Waals surface area contributed by atoms with Crippen LogP contribution in [0.1, 0.15) is 36.4 Å². The molecule has 0 spiro atoms. The molecule has 92 valence electrons. The van der Waals surface area contributed by atoms with Crippen LogP contribution in [-0.4, -0.2) is 21.3 Å². The van der Waals surface area contributed by atoms with Crippen molar-refractivity contribution in [3.8, 4) is 0 Å². The van der Waals surface area contributed by atoms with Crippen LogP contribution in [0, 0.1) is 17.0 Å². The number of alkyl halides is 1. The van der Waals surface area contributed by atoms with Crippen molar-refractivity contribution in [1.82, 2.24) is 4.98 Å². The van der Waals surface area contributed by atoms with Gasteiger partial charge in [0, 0.05) is 29.2 Å². The number of nitrogens with zero attached hydrogens (tertiary/aromatic N) is 2. The molecule has 4 nitrogen and oxygen atoms in total.